The van der Waals surface area contributed by atoms with E-state index in [1.807, 2.05) is 0 Å². The molecule has 1 saturated heterocycles. The summed E-state index contributed by atoms with van der Waals surface area (Å²) in [6, 6.07) is -0.756. The molecule has 20 heavy (non-hydrogen) atoms. The highest BCUT2D eigenvalue weighted by Crippen LogP contribution is 2.32. The van der Waals surface area contributed by atoms with E-state index in [4.69, 9.17) is 4.52 Å². The molecular formula is C12H16N4O4. The van der Waals surface area contributed by atoms with Crippen LogP contribution in [0, 0.1) is 12.3 Å². The van der Waals surface area contributed by atoms with E-state index in [2.05, 4.69) is 15.5 Å². The molecule has 1 aromatic heterocycles. The summed E-state index contributed by atoms with van der Waals surface area (Å²) in [6.07, 6.45) is 0.640. The topological polar surface area (TPSA) is 105 Å². The molecule has 8 heteroatoms. The van der Waals surface area contributed by atoms with E-state index in [1.54, 1.807) is 20.8 Å². The number of nitrogens with zero attached hydrogens (tertiary/aromatic N) is 3. The fourth-order valence-electron chi connectivity index (χ4n) is 2.29. The zero-order chi connectivity index (χ0) is 14.9. The van der Waals surface area contributed by atoms with Crippen LogP contribution in [-0.2, 0) is 16.1 Å². The molecule has 2 rings (SSSR count). The van der Waals surface area contributed by atoms with Crippen LogP contribution in [0.5, 0.6) is 0 Å². The number of aromatic nitrogens is 2. The molecule has 2 heterocycles. The van der Waals surface area contributed by atoms with E-state index < -0.39 is 23.3 Å². The largest absolute Gasteiger partial charge is 0.337 e. The molecule has 0 saturated carbocycles. The van der Waals surface area contributed by atoms with E-state index in [9.17, 15) is 14.4 Å². The van der Waals surface area contributed by atoms with Gasteiger partial charge in [0.15, 0.2) is 5.82 Å². The first kappa shape index (κ1) is 14.2. The molecule has 0 bridgehead atoms. The number of aryl methyl sites for hydroxylation is 1. The van der Waals surface area contributed by atoms with Crippen LogP contribution in [-0.4, -0.2) is 32.9 Å². The van der Waals surface area contributed by atoms with Gasteiger partial charge >= 0.3 is 6.03 Å². The van der Waals surface area contributed by atoms with Crippen molar-refractivity contribution >= 4 is 17.8 Å². The first-order valence-electron chi connectivity index (χ1n) is 6.41. The van der Waals surface area contributed by atoms with Gasteiger partial charge in [0, 0.05) is 0 Å². The molecule has 108 valence electrons. The summed E-state index contributed by atoms with van der Waals surface area (Å²) >= 11 is 0. The van der Waals surface area contributed by atoms with Crippen molar-refractivity contribution in [2.45, 2.75) is 40.2 Å². The van der Waals surface area contributed by atoms with Crippen molar-refractivity contribution in [1.82, 2.24) is 20.4 Å². The number of carbonyl (C=O) groups excluding carboxylic acids is 3. The normalized spacial score (nSPS) is 18.4. The van der Waals surface area contributed by atoms with Crippen molar-refractivity contribution in [2.24, 2.45) is 5.41 Å². The van der Waals surface area contributed by atoms with E-state index in [1.165, 1.54) is 0 Å². The van der Waals surface area contributed by atoms with Gasteiger partial charge in [-0.05, 0) is 19.8 Å². The maximum absolute atomic E-state index is 12.5. The average molecular weight is 280 g/mol. The van der Waals surface area contributed by atoms with E-state index in [0.717, 1.165) is 4.90 Å². The van der Waals surface area contributed by atoms with Gasteiger partial charge in [0.25, 0.3) is 0 Å². The van der Waals surface area contributed by atoms with E-state index in [0.29, 0.717) is 18.7 Å². The van der Waals surface area contributed by atoms with Crippen molar-refractivity contribution < 1.29 is 18.9 Å². The fraction of sp³-hybridized carbons (Fsp3) is 0.583. The minimum Gasteiger partial charge on any atom is -0.337 e. The van der Waals surface area contributed by atoms with Crippen molar-refractivity contribution in [3.8, 4) is 0 Å². The quantitative estimate of drug-likeness (QED) is 0.816. The first-order valence-corrected chi connectivity index (χ1v) is 6.41. The van der Waals surface area contributed by atoms with Crippen LogP contribution < -0.4 is 5.32 Å². The third-order valence-electron chi connectivity index (χ3n) is 3.62. The minimum absolute atomic E-state index is 0.138. The van der Waals surface area contributed by atoms with Crippen molar-refractivity contribution in [3.63, 3.8) is 0 Å². The Labute approximate surface area is 115 Å². The molecule has 0 spiro atoms. The SMILES string of the molecule is CCC1(CC)C(=O)NC(=O)N(Cc2nc(C)no2)C1=O. The molecule has 1 fully saturated rings. The van der Waals surface area contributed by atoms with Crippen molar-refractivity contribution in [2.75, 3.05) is 0 Å². The summed E-state index contributed by atoms with van der Waals surface area (Å²) < 4.78 is 4.91. The maximum atomic E-state index is 12.5. The Balaban J connectivity index is 2.30. The molecule has 1 N–H and O–H groups in total. The molecule has 1 aliphatic heterocycles. The average Bonchev–Trinajstić information content (AvgIpc) is 2.82. The molecular weight excluding hydrogens is 264 g/mol. The van der Waals surface area contributed by atoms with Gasteiger partial charge in [-0.2, -0.15) is 4.98 Å². The van der Waals surface area contributed by atoms with Gasteiger partial charge in [-0.15, -0.1) is 0 Å². The van der Waals surface area contributed by atoms with Gasteiger partial charge in [0.1, 0.15) is 12.0 Å². The van der Waals surface area contributed by atoms with Crippen LogP contribution in [0.4, 0.5) is 4.79 Å². The molecule has 4 amide bonds. The van der Waals surface area contributed by atoms with Crippen LogP contribution in [0.3, 0.4) is 0 Å². The summed E-state index contributed by atoms with van der Waals surface area (Å²) in [5.74, 6) is -0.498. The lowest BCUT2D eigenvalue weighted by Gasteiger charge is -2.37. The predicted molar refractivity (Wildman–Crippen MR) is 66.1 cm³/mol. The number of barbiturate groups is 1. The predicted octanol–water partition coefficient (Wildman–Crippen LogP) is 0.763. The number of imide groups is 2. The van der Waals surface area contributed by atoms with Crippen molar-refractivity contribution in [3.05, 3.63) is 11.7 Å². The second-order valence-corrected chi connectivity index (χ2v) is 4.68. The standard InChI is InChI=1S/C12H16N4O4/c1-4-12(5-2)9(17)14-11(19)16(10(12)18)6-8-13-7(3)15-20-8/h4-6H2,1-3H3,(H,14,17,19). The third kappa shape index (κ3) is 2.06. The van der Waals surface area contributed by atoms with Gasteiger partial charge in [0.2, 0.25) is 17.7 Å². The number of rotatable bonds is 4. The van der Waals surface area contributed by atoms with Gasteiger partial charge in [-0.25, -0.2) is 4.79 Å². The number of nitrogens with one attached hydrogen (secondary N) is 1. The number of carbonyl (C=O) groups is 3. The first-order chi connectivity index (χ1) is 9.44. The lowest BCUT2D eigenvalue weighted by atomic mass is 9.78. The number of hydrogen-bond acceptors (Lipinski definition) is 6. The minimum atomic E-state index is -1.21. The zero-order valence-electron chi connectivity index (χ0n) is 11.6. The molecule has 0 atom stereocenters. The smallest absolute Gasteiger partial charge is 0.331 e. The third-order valence-corrected chi connectivity index (χ3v) is 3.62. The summed E-state index contributed by atoms with van der Waals surface area (Å²) in [5.41, 5.74) is -1.21. The van der Waals surface area contributed by atoms with E-state index in [-0.39, 0.29) is 12.4 Å². The second-order valence-electron chi connectivity index (χ2n) is 4.68. The van der Waals surface area contributed by atoms with Crippen LogP contribution in [0.1, 0.15) is 38.4 Å². The molecule has 1 aromatic rings. The molecule has 0 aromatic carbocycles. The monoisotopic (exact) mass is 280 g/mol. The Hall–Kier alpha value is -2.25. The van der Waals surface area contributed by atoms with Crippen molar-refractivity contribution in [1.29, 1.82) is 0 Å². The highest BCUT2D eigenvalue weighted by molar-refractivity contribution is 6.18. The lowest BCUT2D eigenvalue weighted by molar-refractivity contribution is -0.152. The summed E-state index contributed by atoms with van der Waals surface area (Å²) in [6.45, 7) is 4.98. The number of urea groups is 1. The number of hydrogen-bond donors (Lipinski definition) is 1. The summed E-state index contributed by atoms with van der Waals surface area (Å²) in [7, 11) is 0. The van der Waals surface area contributed by atoms with Gasteiger partial charge in [-0.1, -0.05) is 19.0 Å². The fourth-order valence-corrected chi connectivity index (χ4v) is 2.29. The van der Waals surface area contributed by atoms with Gasteiger partial charge in [-0.3, -0.25) is 19.8 Å². The maximum Gasteiger partial charge on any atom is 0.331 e. The van der Waals surface area contributed by atoms with Crippen LogP contribution in [0.2, 0.25) is 0 Å². The summed E-state index contributed by atoms with van der Waals surface area (Å²) in [4.78, 5) is 41.2. The zero-order valence-corrected chi connectivity index (χ0v) is 11.6. The van der Waals surface area contributed by atoms with E-state index >= 15 is 0 Å². The molecule has 1 aliphatic rings. The van der Waals surface area contributed by atoms with Crippen LogP contribution in [0.25, 0.3) is 0 Å². The Kier molecular flexibility index (Phi) is 3.56. The Morgan fingerprint density at radius 3 is 2.40 bits per heavy atom. The van der Waals surface area contributed by atoms with Gasteiger partial charge < -0.3 is 4.52 Å². The Morgan fingerprint density at radius 2 is 1.90 bits per heavy atom. The molecule has 8 nitrogen and oxygen atoms in total. The second kappa shape index (κ2) is 5.03. The number of amides is 4. The molecule has 0 radical (unpaired) electrons. The Bertz CT molecular complexity index is 562. The lowest BCUT2D eigenvalue weighted by Crippen LogP contribution is -2.63. The van der Waals surface area contributed by atoms with Crippen LogP contribution >= 0.6 is 0 Å². The Morgan fingerprint density at radius 1 is 1.25 bits per heavy atom. The molecule has 0 unspecified atom stereocenters. The summed E-state index contributed by atoms with van der Waals surface area (Å²) in [5, 5.41) is 5.82. The highest BCUT2D eigenvalue weighted by Gasteiger charge is 2.51. The highest BCUT2D eigenvalue weighted by atomic mass is 16.5. The van der Waals surface area contributed by atoms with Gasteiger partial charge in [0.05, 0.1) is 0 Å². The molecule has 0 aliphatic carbocycles. The van der Waals surface area contributed by atoms with Crippen LogP contribution in [0.15, 0.2) is 4.52 Å².